The van der Waals surface area contributed by atoms with Gasteiger partial charge >= 0.3 is 0 Å². The Labute approximate surface area is 142 Å². The van der Waals surface area contributed by atoms with Crippen LogP contribution in [0.3, 0.4) is 0 Å². The monoisotopic (exact) mass is 328 g/mol. The van der Waals surface area contributed by atoms with E-state index in [9.17, 15) is 9.59 Å². The molecule has 0 unspecified atom stereocenters. The summed E-state index contributed by atoms with van der Waals surface area (Å²) in [5, 5.41) is 6.66. The third-order valence-corrected chi connectivity index (χ3v) is 5.43. The molecule has 0 bridgehead atoms. The lowest BCUT2D eigenvalue weighted by molar-refractivity contribution is -0.131. The second-order valence-corrected chi connectivity index (χ2v) is 7.07. The summed E-state index contributed by atoms with van der Waals surface area (Å²) in [5.41, 5.74) is 1.23. The highest BCUT2D eigenvalue weighted by Gasteiger charge is 2.40. The Kier molecular flexibility index (Phi) is 3.92. The van der Waals surface area contributed by atoms with E-state index in [1.807, 2.05) is 29.2 Å². The molecule has 2 amide bonds. The van der Waals surface area contributed by atoms with Gasteiger partial charge < -0.3 is 15.5 Å². The predicted octanol–water partition coefficient (Wildman–Crippen LogP) is 1.26. The van der Waals surface area contributed by atoms with Crippen LogP contribution in [0.15, 0.2) is 24.3 Å². The molecule has 1 aromatic rings. The van der Waals surface area contributed by atoms with Crippen LogP contribution in [-0.2, 0) is 4.79 Å². The Morgan fingerprint density at radius 2 is 1.75 bits per heavy atom. The Balaban J connectivity index is 1.38. The molecule has 2 N–H and O–H groups in total. The van der Waals surface area contributed by atoms with Crippen molar-refractivity contribution in [3.05, 3.63) is 29.8 Å². The van der Waals surface area contributed by atoms with Gasteiger partial charge in [0, 0.05) is 44.7 Å². The number of piperidine rings is 1. The molecule has 0 aliphatic carbocycles. The lowest BCUT2D eigenvalue weighted by atomic mass is 9.92. The molecule has 128 valence electrons. The average molecular weight is 328 g/mol. The van der Waals surface area contributed by atoms with Crippen LogP contribution in [0.25, 0.3) is 0 Å². The van der Waals surface area contributed by atoms with Gasteiger partial charge in [0.1, 0.15) is 5.66 Å². The van der Waals surface area contributed by atoms with Gasteiger partial charge in [-0.25, -0.2) is 0 Å². The van der Waals surface area contributed by atoms with E-state index >= 15 is 0 Å². The van der Waals surface area contributed by atoms with Crippen molar-refractivity contribution in [2.75, 3.05) is 38.0 Å². The minimum absolute atomic E-state index is 0.00839. The van der Waals surface area contributed by atoms with E-state index in [1.165, 1.54) is 0 Å². The van der Waals surface area contributed by atoms with E-state index in [2.05, 4.69) is 15.5 Å². The molecule has 3 aliphatic rings. The standard InChI is InChI=1S/C18H24N4O2/c23-16(22-9-3-4-10-22)13-21-11-7-18(8-12-21)19-15-6-2-1-5-14(15)17(24)20-18/h1-2,5-6,19H,3-4,7-13H2,(H,20,24). The van der Waals surface area contributed by atoms with Crippen LogP contribution >= 0.6 is 0 Å². The van der Waals surface area contributed by atoms with Crippen LogP contribution in [0.5, 0.6) is 0 Å². The molecule has 2 saturated heterocycles. The molecule has 4 rings (SSSR count). The highest BCUT2D eigenvalue weighted by Crippen LogP contribution is 2.31. The molecule has 0 atom stereocenters. The average Bonchev–Trinajstić information content (AvgIpc) is 3.12. The predicted molar refractivity (Wildman–Crippen MR) is 91.7 cm³/mol. The summed E-state index contributed by atoms with van der Waals surface area (Å²) in [5.74, 6) is 0.236. The summed E-state index contributed by atoms with van der Waals surface area (Å²) in [7, 11) is 0. The SMILES string of the molecule is O=C1NC2(CCN(CC(=O)N3CCCC3)CC2)Nc2ccccc21. The van der Waals surface area contributed by atoms with Crippen molar-refractivity contribution < 1.29 is 9.59 Å². The second kappa shape index (κ2) is 6.09. The van der Waals surface area contributed by atoms with Crippen LogP contribution in [0.1, 0.15) is 36.0 Å². The summed E-state index contributed by atoms with van der Waals surface area (Å²) >= 11 is 0. The zero-order valence-electron chi connectivity index (χ0n) is 13.9. The Bertz CT molecular complexity index is 646. The number of carbonyl (C=O) groups is 2. The van der Waals surface area contributed by atoms with Crippen molar-refractivity contribution in [3.8, 4) is 0 Å². The van der Waals surface area contributed by atoms with Gasteiger partial charge in [0.2, 0.25) is 5.91 Å². The molecule has 0 aromatic heterocycles. The molecule has 0 saturated carbocycles. The molecule has 6 nitrogen and oxygen atoms in total. The minimum atomic E-state index is -0.376. The number of carbonyl (C=O) groups excluding carboxylic acids is 2. The Hall–Kier alpha value is -2.08. The topological polar surface area (TPSA) is 64.7 Å². The summed E-state index contributed by atoms with van der Waals surface area (Å²) < 4.78 is 0. The van der Waals surface area contributed by atoms with Gasteiger partial charge in [0.15, 0.2) is 0 Å². The summed E-state index contributed by atoms with van der Waals surface area (Å²) in [6, 6.07) is 7.63. The van der Waals surface area contributed by atoms with Crippen molar-refractivity contribution in [2.45, 2.75) is 31.3 Å². The third kappa shape index (κ3) is 2.86. The molecule has 1 spiro atoms. The number of nitrogens with zero attached hydrogens (tertiary/aromatic N) is 2. The number of likely N-dealkylation sites (tertiary alicyclic amines) is 2. The van der Waals surface area contributed by atoms with Crippen molar-refractivity contribution >= 4 is 17.5 Å². The molecule has 2 fully saturated rings. The second-order valence-electron chi connectivity index (χ2n) is 7.07. The summed E-state index contributed by atoms with van der Waals surface area (Å²) in [6.07, 6.45) is 3.87. The Morgan fingerprint density at radius 1 is 1.04 bits per heavy atom. The highest BCUT2D eigenvalue weighted by atomic mass is 16.2. The highest BCUT2D eigenvalue weighted by molar-refractivity contribution is 6.02. The normalized spacial score (nSPS) is 22.8. The maximum atomic E-state index is 12.4. The molecule has 6 heteroatoms. The fraction of sp³-hybridized carbons (Fsp3) is 0.556. The fourth-order valence-corrected chi connectivity index (χ4v) is 3.96. The number of anilines is 1. The van der Waals surface area contributed by atoms with Gasteiger partial charge in [-0.15, -0.1) is 0 Å². The number of rotatable bonds is 2. The van der Waals surface area contributed by atoms with E-state index in [0.29, 0.717) is 12.1 Å². The first-order valence-electron chi connectivity index (χ1n) is 8.85. The van der Waals surface area contributed by atoms with Crippen molar-refractivity contribution in [1.29, 1.82) is 0 Å². The smallest absolute Gasteiger partial charge is 0.255 e. The molecule has 0 radical (unpaired) electrons. The van der Waals surface area contributed by atoms with Crippen LogP contribution in [0, 0.1) is 0 Å². The van der Waals surface area contributed by atoms with Crippen LogP contribution in [0.4, 0.5) is 5.69 Å². The van der Waals surface area contributed by atoms with Gasteiger partial charge in [0.05, 0.1) is 12.1 Å². The lowest BCUT2D eigenvalue weighted by Crippen LogP contribution is -2.62. The van der Waals surface area contributed by atoms with Gasteiger partial charge in [-0.2, -0.15) is 0 Å². The first kappa shape index (κ1) is 15.4. The van der Waals surface area contributed by atoms with Gasteiger partial charge in [-0.1, -0.05) is 12.1 Å². The largest absolute Gasteiger partial charge is 0.362 e. The summed E-state index contributed by atoms with van der Waals surface area (Å²) in [4.78, 5) is 28.8. The van der Waals surface area contributed by atoms with E-state index in [1.54, 1.807) is 0 Å². The van der Waals surface area contributed by atoms with Crippen molar-refractivity contribution in [3.63, 3.8) is 0 Å². The number of amides is 2. The van der Waals surface area contributed by atoms with Crippen LogP contribution < -0.4 is 10.6 Å². The number of para-hydroxylation sites is 1. The fourth-order valence-electron chi connectivity index (χ4n) is 3.96. The molecule has 3 aliphatic heterocycles. The third-order valence-electron chi connectivity index (χ3n) is 5.43. The quantitative estimate of drug-likeness (QED) is 0.858. The van der Waals surface area contributed by atoms with E-state index in [-0.39, 0.29) is 17.5 Å². The number of hydrogen-bond acceptors (Lipinski definition) is 4. The van der Waals surface area contributed by atoms with E-state index in [0.717, 1.165) is 57.5 Å². The first-order valence-corrected chi connectivity index (χ1v) is 8.85. The summed E-state index contributed by atoms with van der Waals surface area (Å²) in [6.45, 7) is 3.95. The van der Waals surface area contributed by atoms with Gasteiger partial charge in [0.25, 0.3) is 5.91 Å². The van der Waals surface area contributed by atoms with E-state index in [4.69, 9.17) is 0 Å². The zero-order chi connectivity index (χ0) is 16.6. The lowest BCUT2D eigenvalue weighted by Gasteiger charge is -2.45. The molecular formula is C18H24N4O2. The van der Waals surface area contributed by atoms with Crippen molar-refractivity contribution in [1.82, 2.24) is 15.1 Å². The number of fused-ring (bicyclic) bond motifs is 1. The number of benzene rings is 1. The molecule has 3 heterocycles. The Morgan fingerprint density at radius 3 is 2.50 bits per heavy atom. The van der Waals surface area contributed by atoms with Crippen LogP contribution in [-0.4, -0.2) is 60.0 Å². The maximum Gasteiger partial charge on any atom is 0.255 e. The van der Waals surface area contributed by atoms with Crippen LogP contribution in [0.2, 0.25) is 0 Å². The maximum absolute atomic E-state index is 12.4. The zero-order valence-corrected chi connectivity index (χ0v) is 13.9. The molecule has 24 heavy (non-hydrogen) atoms. The minimum Gasteiger partial charge on any atom is -0.362 e. The van der Waals surface area contributed by atoms with E-state index < -0.39 is 0 Å². The van der Waals surface area contributed by atoms with Gasteiger partial charge in [-0.05, 0) is 25.0 Å². The number of hydrogen-bond donors (Lipinski definition) is 2. The van der Waals surface area contributed by atoms with Gasteiger partial charge in [-0.3, -0.25) is 14.5 Å². The molecule has 1 aromatic carbocycles. The first-order chi connectivity index (χ1) is 11.7. The molecular weight excluding hydrogens is 304 g/mol. The van der Waals surface area contributed by atoms with Crippen molar-refractivity contribution in [2.24, 2.45) is 0 Å². The number of nitrogens with one attached hydrogen (secondary N) is 2.